The number of carbonyl (C=O) groups excluding carboxylic acids is 3. The predicted molar refractivity (Wildman–Crippen MR) is 108 cm³/mol. The fourth-order valence-electron chi connectivity index (χ4n) is 2.72. The van der Waals surface area contributed by atoms with E-state index in [1.165, 1.54) is 31.4 Å². The Hall–Kier alpha value is -3.32. The SMILES string of the molecule is COc1ccc(N2C(=O)NC(=O)/C(=C/c3ccc(N(C)C)cc3)C2=O)cc1Cl. The van der Waals surface area contributed by atoms with Crippen LogP contribution in [0.5, 0.6) is 5.75 Å². The summed E-state index contributed by atoms with van der Waals surface area (Å²) >= 11 is 6.10. The van der Waals surface area contributed by atoms with Crippen LogP contribution < -0.4 is 19.9 Å². The number of imide groups is 2. The average Bonchev–Trinajstić information content (AvgIpc) is 2.65. The van der Waals surface area contributed by atoms with Gasteiger partial charge in [-0.3, -0.25) is 14.9 Å². The van der Waals surface area contributed by atoms with Gasteiger partial charge in [-0.2, -0.15) is 0 Å². The summed E-state index contributed by atoms with van der Waals surface area (Å²) < 4.78 is 5.08. The van der Waals surface area contributed by atoms with E-state index in [1.807, 2.05) is 31.1 Å². The van der Waals surface area contributed by atoms with Gasteiger partial charge in [0.15, 0.2) is 0 Å². The molecule has 2 aromatic rings. The zero-order chi connectivity index (χ0) is 20.4. The highest BCUT2D eigenvalue weighted by Crippen LogP contribution is 2.31. The number of halogens is 1. The maximum atomic E-state index is 12.9. The molecule has 0 spiro atoms. The average molecular weight is 400 g/mol. The number of carbonyl (C=O) groups is 3. The molecule has 2 aromatic carbocycles. The Kier molecular flexibility index (Phi) is 5.37. The first kappa shape index (κ1) is 19.4. The lowest BCUT2D eigenvalue weighted by atomic mass is 10.1. The maximum absolute atomic E-state index is 12.9. The minimum atomic E-state index is -0.837. The first-order chi connectivity index (χ1) is 13.3. The summed E-state index contributed by atoms with van der Waals surface area (Å²) in [4.78, 5) is 40.2. The Morgan fingerprint density at radius 3 is 2.32 bits per heavy atom. The number of amides is 4. The Morgan fingerprint density at radius 2 is 1.75 bits per heavy atom. The van der Waals surface area contributed by atoms with E-state index in [2.05, 4.69) is 5.32 Å². The van der Waals surface area contributed by atoms with Crippen molar-refractivity contribution in [3.8, 4) is 5.75 Å². The molecule has 0 aromatic heterocycles. The number of urea groups is 1. The molecule has 1 aliphatic heterocycles. The number of anilines is 2. The van der Waals surface area contributed by atoms with Gasteiger partial charge >= 0.3 is 6.03 Å². The zero-order valence-electron chi connectivity index (χ0n) is 15.5. The first-order valence-electron chi connectivity index (χ1n) is 8.34. The molecular formula is C20H18ClN3O4. The van der Waals surface area contributed by atoms with Crippen molar-refractivity contribution < 1.29 is 19.1 Å². The Morgan fingerprint density at radius 1 is 1.07 bits per heavy atom. The summed E-state index contributed by atoms with van der Waals surface area (Å²) in [5.74, 6) is -1.07. The van der Waals surface area contributed by atoms with Crippen molar-refractivity contribution in [2.24, 2.45) is 0 Å². The van der Waals surface area contributed by atoms with Crippen LogP contribution >= 0.6 is 11.6 Å². The van der Waals surface area contributed by atoms with Gasteiger partial charge in [-0.05, 0) is 42.0 Å². The van der Waals surface area contributed by atoms with Gasteiger partial charge in [-0.25, -0.2) is 9.69 Å². The molecule has 1 fully saturated rings. The number of methoxy groups -OCH3 is 1. The van der Waals surface area contributed by atoms with Gasteiger partial charge in [-0.15, -0.1) is 0 Å². The molecule has 0 aliphatic carbocycles. The minimum Gasteiger partial charge on any atom is -0.495 e. The molecule has 8 heteroatoms. The van der Waals surface area contributed by atoms with Crippen LogP contribution in [0.1, 0.15) is 5.56 Å². The molecule has 1 N–H and O–H groups in total. The molecule has 1 saturated heterocycles. The minimum absolute atomic E-state index is 0.149. The van der Waals surface area contributed by atoms with Crippen LogP contribution in [0.3, 0.4) is 0 Å². The summed E-state index contributed by atoms with van der Waals surface area (Å²) in [5, 5.41) is 2.42. The van der Waals surface area contributed by atoms with Crippen molar-refractivity contribution in [1.82, 2.24) is 5.32 Å². The van der Waals surface area contributed by atoms with Gasteiger partial charge in [0, 0.05) is 19.8 Å². The second kappa shape index (κ2) is 7.74. The summed E-state index contributed by atoms with van der Waals surface area (Å²) in [6, 6.07) is 10.9. The van der Waals surface area contributed by atoms with Gasteiger partial charge < -0.3 is 9.64 Å². The van der Waals surface area contributed by atoms with Gasteiger partial charge in [0.25, 0.3) is 11.8 Å². The summed E-state index contributed by atoms with van der Waals surface area (Å²) in [6.07, 6.45) is 1.45. The molecule has 4 amide bonds. The molecule has 0 atom stereocenters. The normalized spacial score (nSPS) is 15.6. The number of benzene rings is 2. The highest BCUT2D eigenvalue weighted by molar-refractivity contribution is 6.39. The van der Waals surface area contributed by atoms with Crippen molar-refractivity contribution >= 4 is 46.9 Å². The van der Waals surface area contributed by atoms with E-state index in [0.717, 1.165) is 10.6 Å². The topological polar surface area (TPSA) is 79.0 Å². The number of nitrogens with zero attached hydrogens (tertiary/aromatic N) is 2. The van der Waals surface area contributed by atoms with Crippen LogP contribution in [0.15, 0.2) is 48.0 Å². The number of barbiturate groups is 1. The zero-order valence-corrected chi connectivity index (χ0v) is 16.3. The molecule has 0 unspecified atom stereocenters. The number of nitrogens with one attached hydrogen (secondary N) is 1. The smallest absolute Gasteiger partial charge is 0.335 e. The van der Waals surface area contributed by atoms with Gasteiger partial charge in [0.05, 0.1) is 17.8 Å². The lowest BCUT2D eigenvalue weighted by molar-refractivity contribution is -0.122. The van der Waals surface area contributed by atoms with E-state index in [-0.39, 0.29) is 16.3 Å². The lowest BCUT2D eigenvalue weighted by Gasteiger charge is -2.26. The van der Waals surface area contributed by atoms with Crippen LogP contribution in [0.2, 0.25) is 5.02 Å². The fourth-order valence-corrected chi connectivity index (χ4v) is 2.97. The number of ether oxygens (including phenoxy) is 1. The molecule has 0 saturated carbocycles. The molecule has 1 heterocycles. The molecule has 0 radical (unpaired) electrons. The second-order valence-corrected chi connectivity index (χ2v) is 6.67. The monoisotopic (exact) mass is 399 g/mol. The van der Waals surface area contributed by atoms with Crippen LogP contribution in [0, 0.1) is 0 Å². The predicted octanol–water partition coefficient (Wildman–Crippen LogP) is 3.08. The van der Waals surface area contributed by atoms with Crippen LogP contribution in [0.4, 0.5) is 16.2 Å². The summed E-state index contributed by atoms with van der Waals surface area (Å²) in [7, 11) is 5.28. The second-order valence-electron chi connectivity index (χ2n) is 6.26. The molecular weight excluding hydrogens is 382 g/mol. The standard InChI is InChI=1S/C20H18ClN3O4/c1-23(2)13-6-4-12(5-7-13)10-15-18(25)22-20(27)24(19(15)26)14-8-9-17(28-3)16(21)11-14/h4-11H,1-3H3,(H,22,25,27)/b15-10-. The van der Waals surface area contributed by atoms with E-state index < -0.39 is 17.8 Å². The lowest BCUT2D eigenvalue weighted by Crippen LogP contribution is -2.54. The van der Waals surface area contributed by atoms with E-state index in [4.69, 9.17) is 16.3 Å². The van der Waals surface area contributed by atoms with Crippen molar-refractivity contribution in [3.63, 3.8) is 0 Å². The van der Waals surface area contributed by atoms with Crippen molar-refractivity contribution in [2.45, 2.75) is 0 Å². The molecule has 144 valence electrons. The Bertz CT molecular complexity index is 983. The van der Waals surface area contributed by atoms with E-state index in [0.29, 0.717) is 11.3 Å². The fraction of sp³-hybridized carbons (Fsp3) is 0.150. The number of rotatable bonds is 4. The summed E-state index contributed by atoms with van der Waals surface area (Å²) in [6.45, 7) is 0. The van der Waals surface area contributed by atoms with Gasteiger partial charge in [-0.1, -0.05) is 23.7 Å². The quantitative estimate of drug-likeness (QED) is 0.631. The summed E-state index contributed by atoms with van der Waals surface area (Å²) in [5.41, 5.74) is 1.72. The van der Waals surface area contributed by atoms with Crippen LogP contribution in [-0.2, 0) is 9.59 Å². The van der Waals surface area contributed by atoms with Crippen LogP contribution in [0.25, 0.3) is 6.08 Å². The van der Waals surface area contributed by atoms with E-state index in [9.17, 15) is 14.4 Å². The highest BCUT2D eigenvalue weighted by Gasteiger charge is 2.37. The third-order valence-electron chi connectivity index (χ3n) is 4.22. The van der Waals surface area contributed by atoms with Gasteiger partial charge in [0.2, 0.25) is 0 Å². The van der Waals surface area contributed by atoms with Crippen molar-refractivity contribution in [3.05, 3.63) is 58.6 Å². The first-order valence-corrected chi connectivity index (χ1v) is 8.72. The Labute approximate surface area is 167 Å². The molecule has 7 nitrogen and oxygen atoms in total. The van der Waals surface area contributed by atoms with Gasteiger partial charge in [0.1, 0.15) is 11.3 Å². The number of hydrogen-bond acceptors (Lipinski definition) is 5. The van der Waals surface area contributed by atoms with Crippen LogP contribution in [-0.4, -0.2) is 39.1 Å². The van der Waals surface area contributed by atoms with Crippen molar-refractivity contribution in [1.29, 1.82) is 0 Å². The third-order valence-corrected chi connectivity index (χ3v) is 4.51. The number of hydrogen-bond donors (Lipinski definition) is 1. The third kappa shape index (κ3) is 3.70. The molecule has 0 bridgehead atoms. The molecule has 3 rings (SSSR count). The molecule has 28 heavy (non-hydrogen) atoms. The molecule has 1 aliphatic rings. The van der Waals surface area contributed by atoms with E-state index >= 15 is 0 Å². The van der Waals surface area contributed by atoms with Crippen molar-refractivity contribution in [2.75, 3.05) is 31.0 Å². The largest absolute Gasteiger partial charge is 0.495 e. The Balaban J connectivity index is 1.96. The maximum Gasteiger partial charge on any atom is 0.335 e. The van der Waals surface area contributed by atoms with E-state index in [1.54, 1.807) is 12.1 Å². The highest BCUT2D eigenvalue weighted by atomic mass is 35.5.